The molecular formula is C28H29FN4O7. The summed E-state index contributed by atoms with van der Waals surface area (Å²) >= 11 is 0. The first-order chi connectivity index (χ1) is 19.3. The van der Waals surface area contributed by atoms with Crippen LogP contribution in [-0.4, -0.2) is 59.8 Å². The van der Waals surface area contributed by atoms with Crippen LogP contribution in [0.1, 0.15) is 19.4 Å². The highest BCUT2D eigenvalue weighted by atomic mass is 19.1. The second-order valence-corrected chi connectivity index (χ2v) is 9.49. The molecule has 3 aromatic carbocycles. The van der Waals surface area contributed by atoms with Crippen molar-refractivity contribution in [2.75, 3.05) is 38.0 Å². The van der Waals surface area contributed by atoms with E-state index in [9.17, 15) is 19.3 Å². The van der Waals surface area contributed by atoms with Gasteiger partial charge >= 0.3 is 0 Å². The number of piperazine rings is 1. The van der Waals surface area contributed by atoms with Crippen molar-refractivity contribution in [1.29, 1.82) is 0 Å². The van der Waals surface area contributed by atoms with Crippen molar-refractivity contribution >= 4 is 17.3 Å². The Kier molecular flexibility index (Phi) is 8.10. The molecule has 0 spiro atoms. The number of nitro groups is 1. The third-order valence-electron chi connectivity index (χ3n) is 6.73. The van der Waals surface area contributed by atoms with Crippen molar-refractivity contribution < 1.29 is 33.2 Å². The fourth-order valence-corrected chi connectivity index (χ4v) is 4.58. The summed E-state index contributed by atoms with van der Waals surface area (Å²) in [6.07, 6.45) is -0.360. The van der Waals surface area contributed by atoms with Crippen molar-refractivity contribution in [3.63, 3.8) is 0 Å². The maximum atomic E-state index is 14.2. The fraction of sp³-hybridized carbons (Fsp3) is 0.321. The molecule has 1 saturated heterocycles. The van der Waals surface area contributed by atoms with Gasteiger partial charge in [-0.15, -0.1) is 0 Å². The number of carbonyl (C=O) groups is 1. The number of carbonyl (C=O) groups excluding carboxylic acids is 1. The van der Waals surface area contributed by atoms with Crippen molar-refractivity contribution in [1.82, 2.24) is 9.80 Å². The SMILES string of the molecule is CC(=O)N(OC(C)N1CCN(Cc2ccc3c(c2)OCO3)CC1)c1ccc(Oc2ccc([N+](=O)[O-])cc2F)cc1. The zero-order valence-corrected chi connectivity index (χ0v) is 22.1. The lowest BCUT2D eigenvalue weighted by atomic mass is 10.1. The number of nitro benzene ring substituents is 1. The largest absolute Gasteiger partial charge is 0.454 e. The van der Waals surface area contributed by atoms with Crippen LogP contribution in [0.3, 0.4) is 0 Å². The first-order valence-corrected chi connectivity index (χ1v) is 12.8. The number of hydroxylamine groups is 1. The van der Waals surface area contributed by atoms with Crippen LogP contribution in [0.25, 0.3) is 0 Å². The molecule has 0 bridgehead atoms. The van der Waals surface area contributed by atoms with Crippen LogP contribution in [0.15, 0.2) is 60.7 Å². The van der Waals surface area contributed by atoms with E-state index in [-0.39, 0.29) is 30.4 Å². The molecule has 0 saturated carbocycles. The molecule has 1 amide bonds. The molecule has 1 unspecified atom stereocenters. The second-order valence-electron chi connectivity index (χ2n) is 9.49. The van der Waals surface area contributed by atoms with E-state index in [1.807, 2.05) is 19.1 Å². The van der Waals surface area contributed by atoms with Gasteiger partial charge in [0.2, 0.25) is 12.7 Å². The molecule has 2 aliphatic heterocycles. The topological polar surface area (TPSA) is 107 Å². The average molecular weight is 553 g/mol. The summed E-state index contributed by atoms with van der Waals surface area (Å²) in [6, 6.07) is 15.5. The molecule has 5 rings (SSSR count). The first kappa shape index (κ1) is 27.3. The Labute approximate surface area is 230 Å². The number of ether oxygens (including phenoxy) is 3. The number of benzene rings is 3. The lowest BCUT2D eigenvalue weighted by Crippen LogP contribution is -2.51. The van der Waals surface area contributed by atoms with Gasteiger partial charge in [0.05, 0.1) is 16.7 Å². The molecule has 2 aliphatic rings. The van der Waals surface area contributed by atoms with E-state index < -0.39 is 10.7 Å². The minimum absolute atomic E-state index is 0.149. The minimum Gasteiger partial charge on any atom is -0.454 e. The van der Waals surface area contributed by atoms with Gasteiger partial charge in [-0.3, -0.25) is 24.7 Å². The summed E-state index contributed by atoms with van der Waals surface area (Å²) in [5, 5.41) is 12.0. The van der Waals surface area contributed by atoms with Gasteiger partial charge in [-0.2, -0.15) is 5.06 Å². The Balaban J connectivity index is 1.15. The lowest BCUT2D eigenvalue weighted by Gasteiger charge is -2.38. The monoisotopic (exact) mass is 552 g/mol. The highest BCUT2D eigenvalue weighted by molar-refractivity contribution is 5.89. The Morgan fingerprint density at radius 2 is 1.77 bits per heavy atom. The first-order valence-electron chi connectivity index (χ1n) is 12.8. The Morgan fingerprint density at radius 3 is 2.45 bits per heavy atom. The number of rotatable bonds is 9. The van der Waals surface area contributed by atoms with E-state index in [2.05, 4.69) is 15.9 Å². The predicted molar refractivity (Wildman–Crippen MR) is 143 cm³/mol. The number of hydrogen-bond acceptors (Lipinski definition) is 9. The van der Waals surface area contributed by atoms with Gasteiger partial charge < -0.3 is 14.2 Å². The molecule has 0 aromatic heterocycles. The Morgan fingerprint density at radius 1 is 1.05 bits per heavy atom. The van der Waals surface area contributed by atoms with E-state index in [0.717, 1.165) is 61.9 Å². The zero-order chi connectivity index (χ0) is 28.2. The second kappa shape index (κ2) is 11.9. The van der Waals surface area contributed by atoms with Gasteiger partial charge in [0.25, 0.3) is 5.69 Å². The van der Waals surface area contributed by atoms with Crippen LogP contribution in [0, 0.1) is 15.9 Å². The summed E-state index contributed by atoms with van der Waals surface area (Å²) in [7, 11) is 0. The number of hydrogen-bond donors (Lipinski definition) is 0. The number of non-ortho nitro benzene ring substituents is 1. The molecule has 0 aliphatic carbocycles. The van der Waals surface area contributed by atoms with Crippen LogP contribution >= 0.6 is 0 Å². The van der Waals surface area contributed by atoms with Crippen LogP contribution in [-0.2, 0) is 16.2 Å². The van der Waals surface area contributed by atoms with Gasteiger partial charge in [0.15, 0.2) is 23.1 Å². The smallest absolute Gasteiger partial charge is 0.272 e. The molecule has 40 heavy (non-hydrogen) atoms. The molecule has 1 fully saturated rings. The summed E-state index contributed by atoms with van der Waals surface area (Å²) in [5.41, 5.74) is 1.28. The number of amides is 1. The van der Waals surface area contributed by atoms with Crippen molar-refractivity contribution in [2.24, 2.45) is 0 Å². The summed E-state index contributed by atoms with van der Waals surface area (Å²) in [6.45, 7) is 7.59. The van der Waals surface area contributed by atoms with Gasteiger partial charge in [0, 0.05) is 45.7 Å². The highest BCUT2D eigenvalue weighted by Crippen LogP contribution is 2.33. The maximum Gasteiger partial charge on any atom is 0.272 e. The van der Waals surface area contributed by atoms with Crippen molar-refractivity contribution in [2.45, 2.75) is 26.6 Å². The van der Waals surface area contributed by atoms with Gasteiger partial charge in [-0.05, 0) is 55.0 Å². The van der Waals surface area contributed by atoms with Crippen LogP contribution < -0.4 is 19.3 Å². The van der Waals surface area contributed by atoms with E-state index >= 15 is 0 Å². The number of halogens is 1. The van der Waals surface area contributed by atoms with Crippen molar-refractivity contribution in [3.8, 4) is 23.0 Å². The van der Waals surface area contributed by atoms with Crippen LogP contribution in [0.4, 0.5) is 15.8 Å². The lowest BCUT2D eigenvalue weighted by molar-refractivity contribution is -0.385. The quantitative estimate of drug-likeness (QED) is 0.276. The molecule has 0 N–H and O–H groups in total. The third kappa shape index (κ3) is 6.30. The van der Waals surface area contributed by atoms with Crippen molar-refractivity contribution in [3.05, 3.63) is 82.2 Å². The molecule has 3 aromatic rings. The summed E-state index contributed by atoms with van der Waals surface area (Å²) in [4.78, 5) is 33.1. The number of fused-ring (bicyclic) bond motifs is 1. The molecule has 0 radical (unpaired) electrons. The molecular weight excluding hydrogens is 523 g/mol. The van der Waals surface area contributed by atoms with Crippen LogP contribution in [0.2, 0.25) is 0 Å². The normalized spacial score (nSPS) is 16.0. The summed E-state index contributed by atoms with van der Waals surface area (Å²) in [5.74, 6) is 0.548. The molecule has 210 valence electrons. The zero-order valence-electron chi connectivity index (χ0n) is 22.1. The Hall–Kier alpha value is -4.26. The predicted octanol–water partition coefficient (Wildman–Crippen LogP) is 4.70. The standard InChI is InChI=1S/C28H29FN4O7/c1-19(34)32(22-4-7-24(8-5-22)39-26-10-6-23(33(35)36)16-25(26)29)40-20(2)31-13-11-30(12-14-31)17-21-3-9-27-28(15-21)38-18-37-27/h3-10,15-16,20H,11-14,17-18H2,1-2H3. The Bertz CT molecular complexity index is 1380. The molecule has 1 atom stereocenters. The molecule has 12 heteroatoms. The average Bonchev–Trinajstić information content (AvgIpc) is 3.41. The van der Waals surface area contributed by atoms with E-state index in [1.54, 1.807) is 24.3 Å². The van der Waals surface area contributed by atoms with Gasteiger partial charge in [0.1, 0.15) is 12.0 Å². The van der Waals surface area contributed by atoms with Gasteiger partial charge in [-0.25, -0.2) is 9.23 Å². The van der Waals surface area contributed by atoms with Gasteiger partial charge in [-0.1, -0.05) is 6.07 Å². The van der Waals surface area contributed by atoms with E-state index in [4.69, 9.17) is 19.0 Å². The minimum atomic E-state index is -0.850. The highest BCUT2D eigenvalue weighted by Gasteiger charge is 2.26. The fourth-order valence-electron chi connectivity index (χ4n) is 4.58. The number of anilines is 1. The number of nitrogens with zero attached hydrogens (tertiary/aromatic N) is 4. The van der Waals surface area contributed by atoms with Crippen LogP contribution in [0.5, 0.6) is 23.0 Å². The maximum absolute atomic E-state index is 14.2. The molecule has 2 heterocycles. The third-order valence-corrected chi connectivity index (χ3v) is 6.73. The van der Waals surface area contributed by atoms with E-state index in [0.29, 0.717) is 11.4 Å². The van der Waals surface area contributed by atoms with E-state index in [1.165, 1.54) is 18.1 Å². The molecule has 11 nitrogen and oxygen atoms in total. The summed E-state index contributed by atoms with van der Waals surface area (Å²) < 4.78 is 30.6.